The minimum absolute atomic E-state index is 0.0651. The van der Waals surface area contributed by atoms with Gasteiger partial charge in [0, 0.05) is 0 Å². The molecule has 0 radical (unpaired) electrons. The fourth-order valence-electron chi connectivity index (χ4n) is 2.00. The van der Waals surface area contributed by atoms with Gasteiger partial charge in [-0.05, 0) is 23.6 Å². The number of fused-ring (bicyclic) bond motifs is 1. The number of anilines is 1. The molecule has 1 aliphatic rings. The minimum Gasteiger partial charge on any atom is -0.486 e. The molecule has 0 saturated heterocycles. The Bertz CT molecular complexity index is 709. The fourth-order valence-corrected chi connectivity index (χ4v) is 2.77. The molecule has 0 unspecified atom stereocenters. The van der Waals surface area contributed by atoms with E-state index in [2.05, 4.69) is 5.32 Å². The van der Waals surface area contributed by atoms with Crippen LogP contribution in [0.3, 0.4) is 0 Å². The van der Waals surface area contributed by atoms with E-state index < -0.39 is 11.9 Å². The lowest BCUT2D eigenvalue weighted by Gasteiger charge is -2.20. The van der Waals surface area contributed by atoms with Crippen LogP contribution in [0.2, 0.25) is 0 Å². The molecule has 1 amide bonds. The summed E-state index contributed by atoms with van der Waals surface area (Å²) in [5.41, 5.74) is 0.382. The van der Waals surface area contributed by atoms with Crippen molar-refractivity contribution >= 4 is 28.2 Å². The third-order valence-electron chi connectivity index (χ3n) is 2.93. The van der Waals surface area contributed by atoms with Crippen LogP contribution in [0.25, 0.3) is 0 Å². The van der Waals surface area contributed by atoms with Crippen molar-refractivity contribution in [2.45, 2.75) is 0 Å². The predicted molar refractivity (Wildman–Crippen MR) is 76.7 cm³/mol. The number of thiophene rings is 1. The van der Waals surface area contributed by atoms with Crippen LogP contribution in [0, 0.1) is 0 Å². The molecule has 7 heteroatoms. The van der Waals surface area contributed by atoms with Gasteiger partial charge < -0.3 is 19.9 Å². The third-order valence-corrected chi connectivity index (χ3v) is 3.76. The molecular formula is C14H11NO5S. The molecule has 1 aromatic heterocycles. The maximum absolute atomic E-state index is 12.3. The van der Waals surface area contributed by atoms with Gasteiger partial charge in [-0.15, -0.1) is 11.3 Å². The summed E-state index contributed by atoms with van der Waals surface area (Å²) in [5, 5.41) is 13.5. The van der Waals surface area contributed by atoms with E-state index >= 15 is 0 Å². The third kappa shape index (κ3) is 2.55. The maximum atomic E-state index is 12.3. The molecule has 0 aliphatic carbocycles. The number of amides is 1. The molecule has 21 heavy (non-hydrogen) atoms. The van der Waals surface area contributed by atoms with Crippen molar-refractivity contribution < 1.29 is 24.2 Å². The first-order valence-corrected chi connectivity index (χ1v) is 7.05. The van der Waals surface area contributed by atoms with Crippen molar-refractivity contribution in [1.82, 2.24) is 0 Å². The molecule has 3 rings (SSSR count). The number of hydrogen-bond donors (Lipinski definition) is 2. The molecule has 0 saturated carbocycles. The SMILES string of the molecule is O=C(O)c1ccsc1NC(=O)c1cccc2c1OCCO2. The average molecular weight is 305 g/mol. The number of carbonyl (C=O) groups is 2. The average Bonchev–Trinajstić information content (AvgIpc) is 2.95. The predicted octanol–water partition coefficient (Wildman–Crippen LogP) is 2.47. The Morgan fingerprint density at radius 3 is 2.76 bits per heavy atom. The second kappa shape index (κ2) is 5.45. The number of para-hydroxylation sites is 1. The number of nitrogens with one attached hydrogen (secondary N) is 1. The topological polar surface area (TPSA) is 84.9 Å². The van der Waals surface area contributed by atoms with Crippen LogP contribution >= 0.6 is 11.3 Å². The van der Waals surface area contributed by atoms with E-state index in [9.17, 15) is 9.59 Å². The van der Waals surface area contributed by atoms with Crippen LogP contribution < -0.4 is 14.8 Å². The minimum atomic E-state index is -1.08. The fraction of sp³-hybridized carbons (Fsp3) is 0.143. The van der Waals surface area contributed by atoms with Crippen molar-refractivity contribution in [3.05, 3.63) is 40.8 Å². The van der Waals surface area contributed by atoms with Gasteiger partial charge in [-0.1, -0.05) is 6.07 Å². The van der Waals surface area contributed by atoms with E-state index in [4.69, 9.17) is 14.6 Å². The maximum Gasteiger partial charge on any atom is 0.338 e. The van der Waals surface area contributed by atoms with E-state index in [-0.39, 0.29) is 5.56 Å². The molecule has 0 spiro atoms. The lowest BCUT2D eigenvalue weighted by molar-refractivity contribution is 0.0698. The molecule has 2 N–H and O–H groups in total. The van der Waals surface area contributed by atoms with Gasteiger partial charge in [0.25, 0.3) is 5.91 Å². The Morgan fingerprint density at radius 1 is 1.14 bits per heavy atom. The second-order valence-corrected chi connectivity index (χ2v) is 5.17. The van der Waals surface area contributed by atoms with Crippen molar-refractivity contribution in [2.75, 3.05) is 18.5 Å². The van der Waals surface area contributed by atoms with Crippen molar-refractivity contribution in [1.29, 1.82) is 0 Å². The van der Waals surface area contributed by atoms with Crippen molar-refractivity contribution in [2.24, 2.45) is 0 Å². The smallest absolute Gasteiger partial charge is 0.338 e. The summed E-state index contributed by atoms with van der Waals surface area (Å²) in [6.07, 6.45) is 0. The first kappa shape index (κ1) is 13.4. The van der Waals surface area contributed by atoms with Crippen LogP contribution in [0.15, 0.2) is 29.6 Å². The highest BCUT2D eigenvalue weighted by Gasteiger charge is 2.22. The largest absolute Gasteiger partial charge is 0.486 e. The van der Waals surface area contributed by atoms with Gasteiger partial charge in [-0.25, -0.2) is 4.79 Å². The van der Waals surface area contributed by atoms with Crippen LogP contribution in [0.1, 0.15) is 20.7 Å². The van der Waals surface area contributed by atoms with Crippen LogP contribution in [-0.4, -0.2) is 30.2 Å². The number of benzene rings is 1. The standard InChI is InChI=1S/C14H11NO5S/c16-12(15-13-9(14(17)18)4-7-21-13)8-2-1-3-10-11(8)20-6-5-19-10/h1-4,7H,5-6H2,(H,15,16)(H,17,18). The van der Waals surface area contributed by atoms with Gasteiger partial charge in [0.15, 0.2) is 11.5 Å². The highest BCUT2D eigenvalue weighted by atomic mass is 32.1. The van der Waals surface area contributed by atoms with Gasteiger partial charge in [0.1, 0.15) is 18.2 Å². The molecular weight excluding hydrogens is 294 g/mol. The van der Waals surface area contributed by atoms with E-state index in [1.807, 2.05) is 0 Å². The monoisotopic (exact) mass is 305 g/mol. The van der Waals surface area contributed by atoms with Gasteiger partial charge in [0.05, 0.1) is 11.1 Å². The Labute approximate surface area is 123 Å². The first-order valence-electron chi connectivity index (χ1n) is 6.17. The summed E-state index contributed by atoms with van der Waals surface area (Å²) < 4.78 is 10.9. The molecule has 0 bridgehead atoms. The Hall–Kier alpha value is -2.54. The number of ether oxygens (including phenoxy) is 2. The zero-order valence-corrected chi connectivity index (χ0v) is 11.6. The van der Waals surface area contributed by atoms with Crippen LogP contribution in [-0.2, 0) is 0 Å². The van der Waals surface area contributed by atoms with Crippen molar-refractivity contribution in [3.63, 3.8) is 0 Å². The number of carboxylic acid groups (broad SMARTS) is 1. The van der Waals surface area contributed by atoms with Gasteiger partial charge in [0.2, 0.25) is 0 Å². The molecule has 2 aromatic rings. The van der Waals surface area contributed by atoms with Crippen LogP contribution in [0.5, 0.6) is 11.5 Å². The number of rotatable bonds is 3. The lowest BCUT2D eigenvalue weighted by Crippen LogP contribution is -2.20. The van der Waals surface area contributed by atoms with E-state index in [1.54, 1.807) is 23.6 Å². The van der Waals surface area contributed by atoms with Gasteiger partial charge in [-0.2, -0.15) is 0 Å². The summed E-state index contributed by atoms with van der Waals surface area (Å²) in [6, 6.07) is 6.47. The first-order chi connectivity index (χ1) is 10.2. The van der Waals surface area contributed by atoms with Gasteiger partial charge >= 0.3 is 5.97 Å². The Morgan fingerprint density at radius 2 is 1.95 bits per heavy atom. The quantitative estimate of drug-likeness (QED) is 0.910. The number of carboxylic acids is 1. The van der Waals surface area contributed by atoms with Gasteiger partial charge in [-0.3, -0.25) is 4.79 Å². The number of hydrogen-bond acceptors (Lipinski definition) is 5. The van der Waals surface area contributed by atoms with Crippen LogP contribution in [0.4, 0.5) is 5.00 Å². The Kier molecular flexibility index (Phi) is 3.49. The normalized spacial score (nSPS) is 12.8. The van der Waals surface area contributed by atoms with E-state index in [0.717, 1.165) is 11.3 Å². The highest BCUT2D eigenvalue weighted by molar-refractivity contribution is 7.14. The summed E-state index contributed by atoms with van der Waals surface area (Å²) in [4.78, 5) is 23.4. The molecule has 1 aromatic carbocycles. The summed E-state index contributed by atoms with van der Waals surface area (Å²) in [5.74, 6) is -0.614. The summed E-state index contributed by atoms with van der Waals surface area (Å²) >= 11 is 1.15. The summed E-state index contributed by atoms with van der Waals surface area (Å²) in [6.45, 7) is 0.808. The van der Waals surface area contributed by atoms with Crippen molar-refractivity contribution in [3.8, 4) is 11.5 Å². The highest BCUT2D eigenvalue weighted by Crippen LogP contribution is 2.34. The second-order valence-electron chi connectivity index (χ2n) is 4.25. The number of carbonyl (C=O) groups excluding carboxylic acids is 1. The molecule has 6 nitrogen and oxygen atoms in total. The molecule has 0 fully saturated rings. The Balaban J connectivity index is 1.89. The zero-order chi connectivity index (χ0) is 14.8. The molecule has 108 valence electrons. The molecule has 1 aliphatic heterocycles. The van der Waals surface area contributed by atoms with E-state index in [0.29, 0.717) is 35.3 Å². The zero-order valence-electron chi connectivity index (χ0n) is 10.8. The molecule has 0 atom stereocenters. The molecule has 2 heterocycles. The number of aromatic carboxylic acids is 1. The summed E-state index contributed by atoms with van der Waals surface area (Å²) in [7, 11) is 0. The lowest BCUT2D eigenvalue weighted by atomic mass is 10.1. The van der Waals surface area contributed by atoms with E-state index in [1.165, 1.54) is 6.07 Å².